The van der Waals surface area contributed by atoms with Crippen LogP contribution in [0.2, 0.25) is 0 Å². The SMILES string of the molecule is CC(C)c1cccc2cnc(-c3cc(C(C)(C)C)n[nH]3)nc12. The Bertz CT molecular complexity index is 809. The first-order valence-electron chi connectivity index (χ1n) is 7.68. The lowest BCUT2D eigenvalue weighted by atomic mass is 9.92. The summed E-state index contributed by atoms with van der Waals surface area (Å²) in [5.74, 6) is 1.13. The molecule has 2 aromatic heterocycles. The molecule has 0 fully saturated rings. The Morgan fingerprint density at radius 3 is 2.55 bits per heavy atom. The van der Waals surface area contributed by atoms with Crippen molar-refractivity contribution in [2.45, 2.75) is 46.0 Å². The van der Waals surface area contributed by atoms with E-state index in [4.69, 9.17) is 4.98 Å². The average Bonchev–Trinajstić information content (AvgIpc) is 2.95. The molecule has 0 aliphatic heterocycles. The minimum Gasteiger partial charge on any atom is -0.274 e. The van der Waals surface area contributed by atoms with Gasteiger partial charge in [-0.25, -0.2) is 9.97 Å². The molecule has 0 amide bonds. The average molecular weight is 294 g/mol. The van der Waals surface area contributed by atoms with Gasteiger partial charge in [-0.2, -0.15) is 5.10 Å². The van der Waals surface area contributed by atoms with Crippen molar-refractivity contribution in [3.63, 3.8) is 0 Å². The Balaban J connectivity index is 2.12. The number of hydrogen-bond donors (Lipinski definition) is 1. The molecule has 114 valence electrons. The first-order valence-corrected chi connectivity index (χ1v) is 7.68. The van der Waals surface area contributed by atoms with Crippen molar-refractivity contribution in [2.75, 3.05) is 0 Å². The zero-order valence-corrected chi connectivity index (χ0v) is 13.8. The molecule has 3 aromatic rings. The molecule has 0 aliphatic carbocycles. The van der Waals surface area contributed by atoms with E-state index in [0.717, 1.165) is 22.3 Å². The molecule has 0 saturated carbocycles. The van der Waals surface area contributed by atoms with Crippen LogP contribution in [0, 0.1) is 0 Å². The van der Waals surface area contributed by atoms with Gasteiger partial charge in [-0.15, -0.1) is 0 Å². The molecule has 1 N–H and O–H groups in total. The van der Waals surface area contributed by atoms with Crippen molar-refractivity contribution in [3.8, 4) is 11.5 Å². The van der Waals surface area contributed by atoms with E-state index in [1.54, 1.807) is 0 Å². The lowest BCUT2D eigenvalue weighted by molar-refractivity contribution is 0.567. The topological polar surface area (TPSA) is 54.5 Å². The molecule has 4 nitrogen and oxygen atoms in total. The minimum absolute atomic E-state index is 0.00862. The maximum atomic E-state index is 4.78. The van der Waals surface area contributed by atoms with Crippen LogP contribution in [-0.2, 0) is 5.41 Å². The maximum absolute atomic E-state index is 4.78. The van der Waals surface area contributed by atoms with E-state index < -0.39 is 0 Å². The molecule has 0 unspecified atom stereocenters. The van der Waals surface area contributed by atoms with Crippen molar-refractivity contribution in [2.24, 2.45) is 0 Å². The van der Waals surface area contributed by atoms with Crippen LogP contribution in [0.5, 0.6) is 0 Å². The van der Waals surface area contributed by atoms with E-state index in [9.17, 15) is 0 Å². The van der Waals surface area contributed by atoms with E-state index in [-0.39, 0.29) is 5.41 Å². The van der Waals surface area contributed by atoms with Gasteiger partial charge in [-0.05, 0) is 17.5 Å². The summed E-state index contributed by atoms with van der Waals surface area (Å²) in [5, 5.41) is 8.54. The Kier molecular flexibility index (Phi) is 3.47. The van der Waals surface area contributed by atoms with Gasteiger partial charge in [0.15, 0.2) is 5.82 Å². The highest BCUT2D eigenvalue weighted by molar-refractivity contribution is 5.82. The van der Waals surface area contributed by atoms with Gasteiger partial charge in [0.05, 0.1) is 11.2 Å². The van der Waals surface area contributed by atoms with Crippen LogP contribution in [0.15, 0.2) is 30.5 Å². The summed E-state index contributed by atoms with van der Waals surface area (Å²) >= 11 is 0. The van der Waals surface area contributed by atoms with Crippen LogP contribution in [0.1, 0.15) is 51.8 Å². The Labute approximate surface area is 131 Å². The number of nitrogens with zero attached hydrogens (tertiary/aromatic N) is 3. The highest BCUT2D eigenvalue weighted by Crippen LogP contribution is 2.27. The number of fused-ring (bicyclic) bond motifs is 1. The Hall–Kier alpha value is -2.23. The molecule has 1 aromatic carbocycles. The lowest BCUT2D eigenvalue weighted by Gasteiger charge is -2.13. The van der Waals surface area contributed by atoms with E-state index in [2.05, 4.69) is 68.0 Å². The van der Waals surface area contributed by atoms with E-state index in [1.807, 2.05) is 12.3 Å². The largest absolute Gasteiger partial charge is 0.274 e. The summed E-state index contributed by atoms with van der Waals surface area (Å²) in [5.41, 5.74) is 4.16. The number of aromatic amines is 1. The monoisotopic (exact) mass is 294 g/mol. The molecule has 0 aliphatic rings. The molecule has 3 rings (SSSR count). The number of para-hydroxylation sites is 1. The first-order chi connectivity index (χ1) is 10.4. The van der Waals surface area contributed by atoms with Gasteiger partial charge < -0.3 is 0 Å². The number of benzene rings is 1. The third kappa shape index (κ3) is 2.61. The fourth-order valence-electron chi connectivity index (χ4n) is 2.49. The molecule has 0 radical (unpaired) electrons. The number of nitrogens with one attached hydrogen (secondary N) is 1. The summed E-state index contributed by atoms with van der Waals surface area (Å²) in [6.07, 6.45) is 1.89. The van der Waals surface area contributed by atoms with Crippen molar-refractivity contribution in [3.05, 3.63) is 41.7 Å². The van der Waals surface area contributed by atoms with Crippen LogP contribution in [0.4, 0.5) is 0 Å². The third-order valence-electron chi connectivity index (χ3n) is 3.85. The van der Waals surface area contributed by atoms with Gasteiger partial charge in [-0.1, -0.05) is 52.8 Å². The standard InChI is InChI=1S/C18H22N4/c1-11(2)13-8-6-7-12-10-19-17(20-16(12)13)14-9-15(22-21-14)18(3,4)5/h6-11H,1-5H3,(H,21,22). The van der Waals surface area contributed by atoms with Crippen LogP contribution >= 0.6 is 0 Å². The molecule has 4 heteroatoms. The highest BCUT2D eigenvalue weighted by Gasteiger charge is 2.19. The van der Waals surface area contributed by atoms with Gasteiger partial charge >= 0.3 is 0 Å². The predicted molar refractivity (Wildman–Crippen MR) is 89.9 cm³/mol. The van der Waals surface area contributed by atoms with Crippen LogP contribution in [-0.4, -0.2) is 20.2 Å². The molecule has 2 heterocycles. The van der Waals surface area contributed by atoms with Crippen molar-refractivity contribution in [1.29, 1.82) is 0 Å². The number of hydrogen-bond acceptors (Lipinski definition) is 3. The molecular weight excluding hydrogens is 272 g/mol. The van der Waals surface area contributed by atoms with Gasteiger partial charge in [0, 0.05) is 17.0 Å². The van der Waals surface area contributed by atoms with Crippen molar-refractivity contribution >= 4 is 10.9 Å². The molecule has 0 saturated heterocycles. The van der Waals surface area contributed by atoms with Gasteiger partial charge in [0.1, 0.15) is 5.69 Å². The van der Waals surface area contributed by atoms with E-state index in [0.29, 0.717) is 11.7 Å². The van der Waals surface area contributed by atoms with Crippen LogP contribution in [0.25, 0.3) is 22.4 Å². The highest BCUT2D eigenvalue weighted by atomic mass is 15.1. The zero-order valence-electron chi connectivity index (χ0n) is 13.8. The second-order valence-electron chi connectivity index (χ2n) is 7.05. The second-order valence-corrected chi connectivity index (χ2v) is 7.05. The summed E-state index contributed by atoms with van der Waals surface area (Å²) in [4.78, 5) is 9.27. The van der Waals surface area contributed by atoms with Gasteiger partial charge in [0.2, 0.25) is 0 Å². The molecular formula is C18H22N4. The molecule has 22 heavy (non-hydrogen) atoms. The third-order valence-corrected chi connectivity index (χ3v) is 3.85. The number of aromatic nitrogens is 4. The summed E-state index contributed by atoms with van der Waals surface area (Å²) in [6.45, 7) is 10.8. The number of rotatable bonds is 2. The zero-order chi connectivity index (χ0) is 15.9. The fraction of sp³-hybridized carbons (Fsp3) is 0.389. The summed E-state index contributed by atoms with van der Waals surface area (Å²) in [6, 6.07) is 8.30. The maximum Gasteiger partial charge on any atom is 0.178 e. The summed E-state index contributed by atoms with van der Waals surface area (Å²) < 4.78 is 0. The quantitative estimate of drug-likeness (QED) is 0.760. The normalized spacial score (nSPS) is 12.3. The minimum atomic E-state index is 0.00862. The van der Waals surface area contributed by atoms with E-state index in [1.165, 1.54) is 5.56 Å². The smallest absolute Gasteiger partial charge is 0.178 e. The molecule has 0 spiro atoms. The Morgan fingerprint density at radius 1 is 1.14 bits per heavy atom. The van der Waals surface area contributed by atoms with Gasteiger partial charge in [0.25, 0.3) is 0 Å². The van der Waals surface area contributed by atoms with Crippen LogP contribution < -0.4 is 0 Å². The predicted octanol–water partition coefficient (Wildman–Crippen LogP) is 4.44. The van der Waals surface area contributed by atoms with Crippen molar-refractivity contribution < 1.29 is 0 Å². The van der Waals surface area contributed by atoms with E-state index >= 15 is 0 Å². The first kappa shape index (κ1) is 14.7. The summed E-state index contributed by atoms with van der Waals surface area (Å²) in [7, 11) is 0. The van der Waals surface area contributed by atoms with Gasteiger partial charge in [-0.3, -0.25) is 5.10 Å². The van der Waals surface area contributed by atoms with Crippen molar-refractivity contribution in [1.82, 2.24) is 20.2 Å². The molecule has 0 atom stereocenters. The number of H-pyrrole nitrogens is 1. The van der Waals surface area contributed by atoms with Crippen LogP contribution in [0.3, 0.4) is 0 Å². The fourth-order valence-corrected chi connectivity index (χ4v) is 2.49. The second kappa shape index (κ2) is 5.20. The molecule has 0 bridgehead atoms. The lowest BCUT2D eigenvalue weighted by Crippen LogP contribution is -2.11. The Morgan fingerprint density at radius 2 is 1.91 bits per heavy atom.